The number of rotatable bonds is 3. The molecule has 3 heterocycles. The van der Waals surface area contributed by atoms with Gasteiger partial charge in [-0.1, -0.05) is 0 Å². The SMILES string of the molecule is CCn1ccnc(N2CCCN(c3ccncc3)CC2)c1=O. The Labute approximate surface area is 130 Å². The van der Waals surface area contributed by atoms with Gasteiger partial charge in [0.15, 0.2) is 5.82 Å². The van der Waals surface area contributed by atoms with Crippen molar-refractivity contribution < 1.29 is 0 Å². The van der Waals surface area contributed by atoms with Crippen LogP contribution in [0.15, 0.2) is 41.7 Å². The Morgan fingerprint density at radius 1 is 1.05 bits per heavy atom. The topological polar surface area (TPSA) is 54.3 Å². The van der Waals surface area contributed by atoms with Crippen molar-refractivity contribution in [1.82, 2.24) is 14.5 Å². The van der Waals surface area contributed by atoms with Gasteiger partial charge in [-0.3, -0.25) is 9.78 Å². The highest BCUT2D eigenvalue weighted by Gasteiger charge is 2.18. The second kappa shape index (κ2) is 6.60. The lowest BCUT2D eigenvalue weighted by molar-refractivity contribution is 0.699. The van der Waals surface area contributed by atoms with E-state index in [1.165, 1.54) is 5.69 Å². The van der Waals surface area contributed by atoms with E-state index in [0.29, 0.717) is 12.4 Å². The van der Waals surface area contributed by atoms with Crippen LogP contribution in [-0.4, -0.2) is 40.7 Å². The smallest absolute Gasteiger partial charge is 0.293 e. The Morgan fingerprint density at radius 2 is 1.77 bits per heavy atom. The molecule has 6 nitrogen and oxygen atoms in total. The first-order valence-corrected chi connectivity index (χ1v) is 7.75. The van der Waals surface area contributed by atoms with Gasteiger partial charge in [0.2, 0.25) is 0 Å². The summed E-state index contributed by atoms with van der Waals surface area (Å²) < 4.78 is 1.70. The largest absolute Gasteiger partial charge is 0.370 e. The summed E-state index contributed by atoms with van der Waals surface area (Å²) >= 11 is 0. The zero-order chi connectivity index (χ0) is 15.4. The van der Waals surface area contributed by atoms with Crippen LogP contribution in [0.5, 0.6) is 0 Å². The second-order valence-corrected chi connectivity index (χ2v) is 5.38. The average Bonchev–Trinajstić information content (AvgIpc) is 2.82. The highest BCUT2D eigenvalue weighted by atomic mass is 16.1. The highest BCUT2D eigenvalue weighted by molar-refractivity contribution is 5.46. The van der Waals surface area contributed by atoms with Crippen LogP contribution in [-0.2, 0) is 6.54 Å². The molecule has 0 saturated carbocycles. The maximum absolute atomic E-state index is 12.4. The van der Waals surface area contributed by atoms with Gasteiger partial charge >= 0.3 is 0 Å². The van der Waals surface area contributed by atoms with Gasteiger partial charge in [0.1, 0.15) is 0 Å². The van der Waals surface area contributed by atoms with Gasteiger partial charge in [-0.05, 0) is 25.5 Å². The van der Waals surface area contributed by atoms with Gasteiger partial charge in [-0.25, -0.2) is 4.98 Å². The molecular formula is C16H21N5O. The third-order valence-electron chi connectivity index (χ3n) is 4.06. The van der Waals surface area contributed by atoms with E-state index in [1.54, 1.807) is 17.0 Å². The summed E-state index contributed by atoms with van der Waals surface area (Å²) in [5, 5.41) is 0. The summed E-state index contributed by atoms with van der Waals surface area (Å²) in [6.45, 7) is 6.17. The van der Waals surface area contributed by atoms with Gasteiger partial charge in [-0.2, -0.15) is 0 Å². The quantitative estimate of drug-likeness (QED) is 0.857. The molecule has 1 fully saturated rings. The molecule has 0 unspecified atom stereocenters. The maximum Gasteiger partial charge on any atom is 0.293 e. The molecule has 3 rings (SSSR count). The minimum absolute atomic E-state index is 0.00219. The molecule has 1 aliphatic heterocycles. The van der Waals surface area contributed by atoms with Crippen molar-refractivity contribution in [3.63, 3.8) is 0 Å². The fraction of sp³-hybridized carbons (Fsp3) is 0.438. The molecule has 0 amide bonds. The Hall–Kier alpha value is -2.37. The lowest BCUT2D eigenvalue weighted by atomic mass is 10.3. The van der Waals surface area contributed by atoms with Crippen molar-refractivity contribution in [3.8, 4) is 0 Å². The van der Waals surface area contributed by atoms with E-state index in [0.717, 1.165) is 32.6 Å². The van der Waals surface area contributed by atoms with Crippen LogP contribution in [0.25, 0.3) is 0 Å². The number of aryl methyl sites for hydroxylation is 1. The number of pyridine rings is 1. The van der Waals surface area contributed by atoms with Crippen molar-refractivity contribution in [3.05, 3.63) is 47.3 Å². The van der Waals surface area contributed by atoms with Crippen molar-refractivity contribution in [1.29, 1.82) is 0 Å². The minimum atomic E-state index is 0.00219. The van der Waals surface area contributed by atoms with Gasteiger partial charge in [0.25, 0.3) is 5.56 Å². The summed E-state index contributed by atoms with van der Waals surface area (Å²) in [5.41, 5.74) is 1.19. The third kappa shape index (κ3) is 2.95. The zero-order valence-corrected chi connectivity index (χ0v) is 12.9. The van der Waals surface area contributed by atoms with Crippen molar-refractivity contribution in [2.75, 3.05) is 36.0 Å². The van der Waals surface area contributed by atoms with E-state index in [9.17, 15) is 4.79 Å². The summed E-state index contributed by atoms with van der Waals surface area (Å²) in [5.74, 6) is 0.570. The molecule has 0 N–H and O–H groups in total. The first kappa shape index (κ1) is 14.6. The van der Waals surface area contributed by atoms with E-state index >= 15 is 0 Å². The first-order valence-electron chi connectivity index (χ1n) is 7.75. The molecule has 0 aliphatic carbocycles. The molecule has 2 aromatic rings. The Morgan fingerprint density at radius 3 is 2.55 bits per heavy atom. The van der Waals surface area contributed by atoms with E-state index in [4.69, 9.17) is 0 Å². The maximum atomic E-state index is 12.4. The van der Waals surface area contributed by atoms with Crippen LogP contribution in [0.4, 0.5) is 11.5 Å². The fourth-order valence-electron chi connectivity index (χ4n) is 2.84. The first-order chi connectivity index (χ1) is 10.8. The monoisotopic (exact) mass is 299 g/mol. The van der Waals surface area contributed by atoms with Gasteiger partial charge in [0.05, 0.1) is 0 Å². The summed E-state index contributed by atoms with van der Waals surface area (Å²) in [6.07, 6.45) is 8.09. The minimum Gasteiger partial charge on any atom is -0.370 e. The average molecular weight is 299 g/mol. The number of nitrogens with zero attached hydrogens (tertiary/aromatic N) is 5. The van der Waals surface area contributed by atoms with E-state index in [-0.39, 0.29) is 5.56 Å². The van der Waals surface area contributed by atoms with Crippen LogP contribution in [0.3, 0.4) is 0 Å². The molecule has 6 heteroatoms. The zero-order valence-electron chi connectivity index (χ0n) is 12.9. The van der Waals surface area contributed by atoms with E-state index < -0.39 is 0 Å². The summed E-state index contributed by atoms with van der Waals surface area (Å²) in [6, 6.07) is 4.06. The molecule has 0 bridgehead atoms. The molecule has 116 valence electrons. The summed E-state index contributed by atoms with van der Waals surface area (Å²) in [4.78, 5) is 25.2. The molecule has 0 spiro atoms. The third-order valence-corrected chi connectivity index (χ3v) is 4.06. The number of aromatic nitrogens is 3. The van der Waals surface area contributed by atoms with Crippen molar-refractivity contribution in [2.45, 2.75) is 19.9 Å². The highest BCUT2D eigenvalue weighted by Crippen LogP contribution is 2.16. The van der Waals surface area contributed by atoms with Gasteiger partial charge in [0, 0.05) is 63.2 Å². The standard InChI is InChI=1S/C16H21N5O/c1-2-19-11-8-18-15(16(19)22)21-10-3-9-20(12-13-21)14-4-6-17-7-5-14/h4-8,11H,2-3,9-10,12-13H2,1H3. The molecule has 2 aromatic heterocycles. The van der Waals surface area contributed by atoms with Crippen LogP contribution < -0.4 is 15.4 Å². The predicted octanol–water partition coefficient (Wildman–Crippen LogP) is 1.37. The predicted molar refractivity (Wildman–Crippen MR) is 87.5 cm³/mol. The van der Waals surface area contributed by atoms with Crippen molar-refractivity contribution >= 4 is 11.5 Å². The normalized spacial score (nSPS) is 15.7. The molecule has 22 heavy (non-hydrogen) atoms. The lowest BCUT2D eigenvalue weighted by Gasteiger charge is -2.23. The van der Waals surface area contributed by atoms with Crippen LogP contribution in [0.2, 0.25) is 0 Å². The molecule has 1 aliphatic rings. The van der Waals surface area contributed by atoms with Crippen LogP contribution in [0.1, 0.15) is 13.3 Å². The van der Waals surface area contributed by atoms with Crippen LogP contribution in [0, 0.1) is 0 Å². The Bertz CT molecular complexity index is 670. The molecule has 0 aromatic carbocycles. The number of hydrogen-bond acceptors (Lipinski definition) is 5. The molecule has 0 radical (unpaired) electrons. The lowest BCUT2D eigenvalue weighted by Crippen LogP contribution is -2.36. The van der Waals surface area contributed by atoms with Crippen LogP contribution >= 0.6 is 0 Å². The molecular weight excluding hydrogens is 278 g/mol. The molecule has 0 atom stereocenters. The van der Waals surface area contributed by atoms with E-state index in [2.05, 4.69) is 19.8 Å². The number of hydrogen-bond donors (Lipinski definition) is 0. The van der Waals surface area contributed by atoms with Gasteiger partial charge in [-0.15, -0.1) is 0 Å². The number of anilines is 2. The Kier molecular flexibility index (Phi) is 4.37. The Balaban J connectivity index is 1.77. The molecule has 1 saturated heterocycles. The van der Waals surface area contributed by atoms with E-state index in [1.807, 2.05) is 31.5 Å². The van der Waals surface area contributed by atoms with Crippen molar-refractivity contribution in [2.24, 2.45) is 0 Å². The fourth-order valence-corrected chi connectivity index (χ4v) is 2.84. The summed E-state index contributed by atoms with van der Waals surface area (Å²) in [7, 11) is 0. The second-order valence-electron chi connectivity index (χ2n) is 5.38. The van der Waals surface area contributed by atoms with Gasteiger partial charge < -0.3 is 14.4 Å².